The molecule has 3 heterocycles. The standard InChI is InChI=1S/C26H27ClN4O2S/c1-17-24(25(32)30-14-12-29(2)13-15-30)34-26-28-22(18-6-10-21(33-3)11-7-18)16-23(31(17)26)19-4-8-20(27)9-5-19/h4-11,16,23H,12-15H2,1-3H3. The molecule has 5 rings (SSSR count). The van der Waals surface area contributed by atoms with Crippen LogP contribution in [0.4, 0.5) is 0 Å². The summed E-state index contributed by atoms with van der Waals surface area (Å²) in [5, 5.41) is 1.52. The zero-order valence-electron chi connectivity index (χ0n) is 19.5. The van der Waals surface area contributed by atoms with E-state index in [4.69, 9.17) is 21.3 Å². The third-order valence-electron chi connectivity index (χ3n) is 6.48. The second-order valence-corrected chi connectivity index (χ2v) is 10.1. The van der Waals surface area contributed by atoms with Crippen LogP contribution in [0.15, 0.2) is 70.2 Å². The molecule has 1 unspecified atom stereocenters. The smallest absolute Gasteiger partial charge is 0.262 e. The van der Waals surface area contributed by atoms with E-state index in [-0.39, 0.29) is 11.9 Å². The van der Waals surface area contributed by atoms with Gasteiger partial charge >= 0.3 is 0 Å². The lowest BCUT2D eigenvalue weighted by Crippen LogP contribution is -2.47. The molecule has 176 valence electrons. The van der Waals surface area contributed by atoms with Crippen LogP contribution in [0.5, 0.6) is 5.75 Å². The first-order valence-electron chi connectivity index (χ1n) is 11.3. The Bertz CT molecular complexity index is 1180. The number of hydrogen-bond acceptors (Lipinski definition) is 6. The molecule has 0 N–H and O–H groups in total. The topological polar surface area (TPSA) is 48.4 Å². The quantitative estimate of drug-likeness (QED) is 0.607. The Labute approximate surface area is 209 Å². The number of amides is 1. The van der Waals surface area contributed by atoms with Gasteiger partial charge in [0.2, 0.25) is 0 Å². The second-order valence-electron chi connectivity index (χ2n) is 8.65. The van der Waals surface area contributed by atoms with Crippen LogP contribution in [0.3, 0.4) is 0 Å². The highest BCUT2D eigenvalue weighted by Gasteiger charge is 2.39. The number of halogens is 1. The number of likely N-dealkylation sites (N-methyl/N-ethyl adjacent to an activating group) is 1. The Morgan fingerprint density at radius 1 is 1.06 bits per heavy atom. The van der Waals surface area contributed by atoms with E-state index >= 15 is 0 Å². The normalized spacial score (nSPS) is 20.8. The molecular formula is C26H27ClN4O2S. The lowest BCUT2D eigenvalue weighted by atomic mass is 10.00. The van der Waals surface area contributed by atoms with Gasteiger partial charge < -0.3 is 19.4 Å². The molecule has 0 bridgehead atoms. The van der Waals surface area contributed by atoms with Gasteiger partial charge in [-0.05, 0) is 73.8 Å². The summed E-state index contributed by atoms with van der Waals surface area (Å²) < 4.78 is 5.31. The van der Waals surface area contributed by atoms with Gasteiger partial charge in [-0.15, -0.1) is 0 Å². The van der Waals surface area contributed by atoms with Gasteiger partial charge in [-0.3, -0.25) is 4.79 Å². The van der Waals surface area contributed by atoms with Crippen molar-refractivity contribution in [3.63, 3.8) is 0 Å². The fourth-order valence-corrected chi connectivity index (χ4v) is 5.68. The highest BCUT2D eigenvalue weighted by molar-refractivity contribution is 8.18. The summed E-state index contributed by atoms with van der Waals surface area (Å²) in [5.41, 5.74) is 3.92. The van der Waals surface area contributed by atoms with Crippen molar-refractivity contribution in [3.05, 3.63) is 81.4 Å². The first-order valence-corrected chi connectivity index (χ1v) is 12.5. The number of amidine groups is 1. The van der Waals surface area contributed by atoms with Gasteiger partial charge in [0.15, 0.2) is 5.17 Å². The van der Waals surface area contributed by atoms with Crippen LogP contribution in [-0.4, -0.2) is 66.1 Å². The maximum atomic E-state index is 13.5. The van der Waals surface area contributed by atoms with Crippen molar-refractivity contribution >= 4 is 40.1 Å². The molecule has 8 heteroatoms. The number of nitrogens with zero attached hydrogens (tertiary/aromatic N) is 4. The zero-order chi connectivity index (χ0) is 23.8. The number of fused-ring (bicyclic) bond motifs is 1. The molecule has 0 radical (unpaired) electrons. The predicted octanol–water partition coefficient (Wildman–Crippen LogP) is 4.85. The molecule has 2 aromatic carbocycles. The third kappa shape index (κ3) is 4.35. The maximum Gasteiger partial charge on any atom is 0.262 e. The van der Waals surface area contributed by atoms with Gasteiger partial charge in [0, 0.05) is 42.5 Å². The van der Waals surface area contributed by atoms with Gasteiger partial charge in [0.1, 0.15) is 5.75 Å². The number of hydrogen-bond donors (Lipinski definition) is 0. The first kappa shape index (κ1) is 23.0. The summed E-state index contributed by atoms with van der Waals surface area (Å²) in [6, 6.07) is 15.7. The van der Waals surface area contributed by atoms with Crippen molar-refractivity contribution in [1.82, 2.24) is 14.7 Å². The number of aliphatic imine (C=N–C) groups is 1. The number of carbonyl (C=O) groups is 1. The van der Waals surface area contributed by atoms with Crippen molar-refractivity contribution < 1.29 is 9.53 Å². The van der Waals surface area contributed by atoms with Crippen LogP contribution < -0.4 is 4.74 Å². The molecule has 3 aliphatic heterocycles. The summed E-state index contributed by atoms with van der Waals surface area (Å²) >= 11 is 7.65. The lowest BCUT2D eigenvalue weighted by molar-refractivity contribution is -0.127. The highest BCUT2D eigenvalue weighted by atomic mass is 35.5. The molecule has 1 fully saturated rings. The highest BCUT2D eigenvalue weighted by Crippen LogP contribution is 2.45. The van der Waals surface area contributed by atoms with E-state index in [1.165, 1.54) is 11.8 Å². The number of benzene rings is 2. The SMILES string of the molecule is COc1ccc(C2=CC(c3ccc(Cl)cc3)N3C(=N2)SC(C(=O)N2CCN(C)CC2)=C3C)cc1. The van der Waals surface area contributed by atoms with E-state index in [2.05, 4.69) is 22.9 Å². The van der Waals surface area contributed by atoms with Crippen LogP contribution >= 0.6 is 23.4 Å². The van der Waals surface area contributed by atoms with Crippen LogP contribution in [-0.2, 0) is 4.79 Å². The fourth-order valence-electron chi connectivity index (χ4n) is 4.42. The average molecular weight is 495 g/mol. The van der Waals surface area contributed by atoms with Gasteiger partial charge in [-0.2, -0.15) is 0 Å². The minimum Gasteiger partial charge on any atom is -0.497 e. The van der Waals surface area contributed by atoms with E-state index in [1.54, 1.807) is 7.11 Å². The van der Waals surface area contributed by atoms with Gasteiger partial charge in [0.25, 0.3) is 5.91 Å². The molecule has 0 saturated carbocycles. The van der Waals surface area contributed by atoms with Gasteiger partial charge in [0.05, 0.1) is 23.8 Å². The number of thioether (sulfide) groups is 1. The first-order chi connectivity index (χ1) is 16.4. The molecule has 0 aliphatic carbocycles. The Morgan fingerprint density at radius 2 is 1.74 bits per heavy atom. The van der Waals surface area contributed by atoms with Gasteiger partial charge in [-0.1, -0.05) is 23.7 Å². The zero-order valence-corrected chi connectivity index (χ0v) is 21.1. The maximum absolute atomic E-state index is 13.5. The Balaban J connectivity index is 1.52. The molecule has 0 aromatic heterocycles. The molecule has 3 aliphatic rings. The van der Waals surface area contributed by atoms with Crippen LogP contribution in [0, 0.1) is 0 Å². The molecule has 1 saturated heterocycles. The average Bonchev–Trinajstić information content (AvgIpc) is 3.20. The third-order valence-corrected chi connectivity index (χ3v) is 7.88. The Morgan fingerprint density at radius 3 is 2.38 bits per heavy atom. The van der Waals surface area contributed by atoms with Crippen molar-refractivity contribution in [2.45, 2.75) is 13.0 Å². The van der Waals surface area contributed by atoms with Crippen molar-refractivity contribution in [3.8, 4) is 5.75 Å². The molecule has 2 aromatic rings. The van der Waals surface area contributed by atoms with E-state index in [0.717, 1.165) is 64.5 Å². The fraction of sp³-hybridized carbons (Fsp3) is 0.308. The number of carbonyl (C=O) groups excluding carboxylic acids is 1. The second kappa shape index (κ2) is 9.49. The largest absolute Gasteiger partial charge is 0.497 e. The summed E-state index contributed by atoms with van der Waals surface area (Å²) in [6.45, 7) is 5.30. The summed E-state index contributed by atoms with van der Waals surface area (Å²) in [5.74, 6) is 0.894. The number of piperazine rings is 1. The number of rotatable bonds is 4. The van der Waals surface area contributed by atoms with E-state index in [1.807, 2.05) is 60.4 Å². The van der Waals surface area contributed by atoms with Gasteiger partial charge in [-0.25, -0.2) is 4.99 Å². The summed E-state index contributed by atoms with van der Waals surface area (Å²) in [7, 11) is 3.75. The minimum atomic E-state index is -0.0906. The van der Waals surface area contributed by atoms with Crippen molar-refractivity contribution in [2.24, 2.45) is 4.99 Å². The van der Waals surface area contributed by atoms with Crippen molar-refractivity contribution in [2.75, 3.05) is 40.3 Å². The molecule has 6 nitrogen and oxygen atoms in total. The Hall–Kier alpha value is -2.74. The monoisotopic (exact) mass is 494 g/mol. The van der Waals surface area contributed by atoms with E-state index in [0.29, 0.717) is 5.02 Å². The Kier molecular flexibility index (Phi) is 6.42. The molecule has 1 atom stereocenters. The van der Waals surface area contributed by atoms with E-state index in [9.17, 15) is 4.79 Å². The minimum absolute atomic E-state index is 0.0906. The van der Waals surface area contributed by atoms with Crippen molar-refractivity contribution in [1.29, 1.82) is 0 Å². The van der Waals surface area contributed by atoms with Crippen LogP contribution in [0.25, 0.3) is 5.70 Å². The molecular weight excluding hydrogens is 468 g/mol. The lowest BCUT2D eigenvalue weighted by Gasteiger charge is -2.33. The van der Waals surface area contributed by atoms with Crippen LogP contribution in [0.2, 0.25) is 5.02 Å². The number of methoxy groups -OCH3 is 1. The number of allylic oxidation sites excluding steroid dienone is 1. The molecule has 34 heavy (non-hydrogen) atoms. The molecule has 1 amide bonds. The summed E-state index contributed by atoms with van der Waals surface area (Å²) in [6.07, 6.45) is 2.15. The van der Waals surface area contributed by atoms with Crippen LogP contribution in [0.1, 0.15) is 24.1 Å². The molecule has 0 spiro atoms. The number of ether oxygens (including phenoxy) is 1. The predicted molar refractivity (Wildman–Crippen MR) is 139 cm³/mol. The van der Waals surface area contributed by atoms with E-state index < -0.39 is 0 Å². The summed E-state index contributed by atoms with van der Waals surface area (Å²) in [4.78, 5) is 25.6.